The van der Waals surface area contributed by atoms with E-state index in [9.17, 15) is 4.79 Å². The van der Waals surface area contributed by atoms with Gasteiger partial charge in [-0.25, -0.2) is 0 Å². The van der Waals surface area contributed by atoms with Gasteiger partial charge in [0.2, 0.25) is 0 Å². The summed E-state index contributed by atoms with van der Waals surface area (Å²) in [7, 11) is 0. The molecule has 33 heavy (non-hydrogen) atoms. The molecule has 0 aliphatic carbocycles. The maximum atomic E-state index is 13.4. The van der Waals surface area contributed by atoms with Crippen LogP contribution in [-0.4, -0.2) is 23.9 Å². The van der Waals surface area contributed by atoms with Gasteiger partial charge in [-0.15, -0.1) is 11.8 Å². The minimum Gasteiger partial charge on any atom is -0.465 e. The van der Waals surface area contributed by atoms with Crippen molar-refractivity contribution in [1.29, 1.82) is 0 Å². The van der Waals surface area contributed by atoms with Gasteiger partial charge in [0, 0.05) is 28.9 Å². The summed E-state index contributed by atoms with van der Waals surface area (Å²) in [6.07, 6.45) is 1.38. The summed E-state index contributed by atoms with van der Waals surface area (Å²) < 4.78 is 5.58. The first-order valence-electron chi connectivity index (χ1n) is 11.4. The Labute approximate surface area is 199 Å². The Kier molecular flexibility index (Phi) is 6.23. The molecule has 4 atom stereocenters. The van der Waals surface area contributed by atoms with Crippen molar-refractivity contribution in [2.24, 2.45) is 11.1 Å². The second kappa shape index (κ2) is 9.44. The first kappa shape index (κ1) is 21.8. The molecule has 1 spiro atoms. The van der Waals surface area contributed by atoms with E-state index in [1.807, 2.05) is 61.2 Å². The number of hydrogen-bond acceptors (Lipinski definition) is 5. The van der Waals surface area contributed by atoms with E-state index >= 15 is 0 Å². The van der Waals surface area contributed by atoms with Gasteiger partial charge in [0.25, 0.3) is 0 Å². The average Bonchev–Trinajstić information content (AvgIpc) is 3.23. The third-order valence-corrected chi connectivity index (χ3v) is 7.98. The van der Waals surface area contributed by atoms with E-state index in [1.165, 1.54) is 11.1 Å². The van der Waals surface area contributed by atoms with Crippen molar-refractivity contribution >= 4 is 23.4 Å². The van der Waals surface area contributed by atoms with Crippen LogP contribution >= 0.6 is 11.8 Å². The SMILES string of the molecule is CCOC(=O)C1C(c2ccccc2)=NOC12C[C@@H](c1ccccc1)S[C@@H](c1ccccc1)C2. The number of nitrogens with zero attached hydrogens (tertiary/aromatic N) is 1. The van der Waals surface area contributed by atoms with Gasteiger partial charge in [-0.3, -0.25) is 4.79 Å². The van der Waals surface area contributed by atoms with E-state index in [-0.39, 0.29) is 16.5 Å². The fraction of sp³-hybridized carbons (Fsp3) is 0.286. The number of rotatable bonds is 5. The van der Waals surface area contributed by atoms with Gasteiger partial charge in [-0.05, 0) is 18.1 Å². The number of carbonyl (C=O) groups is 1. The highest BCUT2D eigenvalue weighted by Gasteiger charge is 2.58. The second-order valence-corrected chi connectivity index (χ2v) is 9.94. The molecule has 0 N–H and O–H groups in total. The average molecular weight is 458 g/mol. The monoisotopic (exact) mass is 457 g/mol. The van der Waals surface area contributed by atoms with E-state index in [4.69, 9.17) is 9.57 Å². The van der Waals surface area contributed by atoms with Gasteiger partial charge in [0.15, 0.2) is 5.60 Å². The highest BCUT2D eigenvalue weighted by Crippen LogP contribution is 2.58. The summed E-state index contributed by atoms with van der Waals surface area (Å²) in [5.41, 5.74) is 3.28. The molecule has 1 fully saturated rings. The summed E-state index contributed by atoms with van der Waals surface area (Å²) in [5.74, 6) is -0.832. The second-order valence-electron chi connectivity index (χ2n) is 8.53. The van der Waals surface area contributed by atoms with Gasteiger partial charge in [-0.2, -0.15) is 0 Å². The van der Waals surface area contributed by atoms with Gasteiger partial charge in [-0.1, -0.05) is 96.2 Å². The van der Waals surface area contributed by atoms with Gasteiger partial charge in [0.05, 0.1) is 6.61 Å². The predicted molar refractivity (Wildman–Crippen MR) is 132 cm³/mol. The highest BCUT2D eigenvalue weighted by atomic mass is 32.2. The van der Waals surface area contributed by atoms with Crippen LogP contribution in [0, 0.1) is 5.92 Å². The van der Waals surface area contributed by atoms with Crippen LogP contribution in [0.15, 0.2) is 96.2 Å². The van der Waals surface area contributed by atoms with Crippen LogP contribution in [0.4, 0.5) is 0 Å². The minimum absolute atomic E-state index is 0.174. The van der Waals surface area contributed by atoms with Crippen LogP contribution in [-0.2, 0) is 14.4 Å². The predicted octanol–water partition coefficient (Wildman–Crippen LogP) is 6.35. The molecular formula is C28H27NO3S. The standard InChI is InChI=1S/C28H27NO3S/c1-2-31-27(30)25-26(22-16-10-5-11-17-22)29-32-28(25)18-23(20-12-6-3-7-13-20)33-24(19-28)21-14-8-4-9-15-21/h3-17,23-25H,2,18-19H2,1H3/t23-,24+,25?,28?. The van der Waals surface area contributed by atoms with Crippen molar-refractivity contribution < 1.29 is 14.4 Å². The molecule has 4 nitrogen and oxygen atoms in total. The van der Waals surface area contributed by atoms with Gasteiger partial charge < -0.3 is 9.57 Å². The van der Waals surface area contributed by atoms with Crippen LogP contribution in [0.3, 0.4) is 0 Å². The molecule has 168 valence electrons. The highest BCUT2D eigenvalue weighted by molar-refractivity contribution is 7.99. The lowest BCUT2D eigenvalue weighted by atomic mass is 9.74. The van der Waals surface area contributed by atoms with Crippen LogP contribution in [0.25, 0.3) is 0 Å². The van der Waals surface area contributed by atoms with Crippen molar-refractivity contribution in [3.05, 3.63) is 108 Å². The van der Waals surface area contributed by atoms with E-state index in [0.29, 0.717) is 25.2 Å². The molecule has 0 amide bonds. The zero-order chi connectivity index (χ0) is 22.7. The normalized spacial score (nSPS) is 26.5. The molecule has 2 aliphatic rings. The van der Waals surface area contributed by atoms with Gasteiger partial charge >= 0.3 is 5.97 Å². The minimum atomic E-state index is -0.760. The third kappa shape index (κ3) is 4.30. The zero-order valence-corrected chi connectivity index (χ0v) is 19.4. The Morgan fingerprint density at radius 3 is 1.94 bits per heavy atom. The Bertz CT molecular complexity index is 1070. The fourth-order valence-electron chi connectivity index (χ4n) is 4.92. The van der Waals surface area contributed by atoms with Crippen LogP contribution in [0.1, 0.15) is 47.0 Å². The maximum absolute atomic E-state index is 13.4. The van der Waals surface area contributed by atoms with E-state index in [2.05, 4.69) is 53.7 Å². The molecular weight excluding hydrogens is 430 g/mol. The number of benzene rings is 3. The van der Waals surface area contributed by atoms with E-state index < -0.39 is 11.5 Å². The number of thioether (sulfide) groups is 1. The fourth-order valence-corrected chi connectivity index (χ4v) is 6.70. The van der Waals surface area contributed by atoms with Crippen LogP contribution in [0.5, 0.6) is 0 Å². The summed E-state index contributed by atoms with van der Waals surface area (Å²) >= 11 is 1.94. The number of oxime groups is 1. The molecule has 5 rings (SSSR count). The number of hydrogen-bond donors (Lipinski definition) is 0. The van der Waals surface area contributed by atoms with Gasteiger partial charge in [0.1, 0.15) is 11.6 Å². The van der Waals surface area contributed by atoms with Crippen molar-refractivity contribution in [2.75, 3.05) is 6.61 Å². The smallest absolute Gasteiger partial charge is 0.319 e. The van der Waals surface area contributed by atoms with Crippen molar-refractivity contribution in [1.82, 2.24) is 0 Å². The van der Waals surface area contributed by atoms with E-state index in [1.54, 1.807) is 0 Å². The Morgan fingerprint density at radius 1 is 0.909 bits per heavy atom. The molecule has 0 saturated carbocycles. The molecule has 5 heteroatoms. The van der Waals surface area contributed by atoms with Crippen LogP contribution in [0.2, 0.25) is 0 Å². The van der Waals surface area contributed by atoms with Crippen molar-refractivity contribution in [3.8, 4) is 0 Å². The third-order valence-electron chi connectivity index (χ3n) is 6.45. The molecule has 3 aromatic carbocycles. The van der Waals surface area contributed by atoms with Crippen LogP contribution < -0.4 is 0 Å². The molecule has 2 heterocycles. The Balaban J connectivity index is 1.57. The molecule has 3 aromatic rings. The lowest BCUT2D eigenvalue weighted by Gasteiger charge is -2.42. The first-order chi connectivity index (χ1) is 16.2. The molecule has 2 unspecified atom stereocenters. The number of esters is 1. The maximum Gasteiger partial charge on any atom is 0.319 e. The summed E-state index contributed by atoms with van der Waals surface area (Å²) in [5, 5.41) is 4.88. The molecule has 0 aromatic heterocycles. The summed E-state index contributed by atoms with van der Waals surface area (Å²) in [6.45, 7) is 2.17. The van der Waals surface area contributed by atoms with Crippen molar-refractivity contribution in [2.45, 2.75) is 35.9 Å². The summed E-state index contributed by atoms with van der Waals surface area (Å²) in [6, 6.07) is 30.8. The lowest BCUT2D eigenvalue weighted by molar-refractivity contribution is -0.156. The lowest BCUT2D eigenvalue weighted by Crippen LogP contribution is -2.48. The Hall–Kier alpha value is -3.05. The molecule has 0 bridgehead atoms. The molecule has 2 aliphatic heterocycles. The number of carbonyl (C=O) groups excluding carboxylic acids is 1. The topological polar surface area (TPSA) is 47.9 Å². The first-order valence-corrected chi connectivity index (χ1v) is 12.4. The van der Waals surface area contributed by atoms with Crippen molar-refractivity contribution in [3.63, 3.8) is 0 Å². The molecule has 0 radical (unpaired) electrons. The van der Waals surface area contributed by atoms with E-state index in [0.717, 1.165) is 5.56 Å². The largest absolute Gasteiger partial charge is 0.465 e. The Morgan fingerprint density at radius 2 is 1.42 bits per heavy atom. The summed E-state index contributed by atoms with van der Waals surface area (Å²) in [4.78, 5) is 19.7. The quantitative estimate of drug-likeness (QED) is 0.419. The zero-order valence-electron chi connectivity index (χ0n) is 18.6. The molecule has 1 saturated heterocycles. The number of ether oxygens (including phenoxy) is 1.